The molecule has 1 aromatic carbocycles. The number of amides is 2. The van der Waals surface area contributed by atoms with Crippen LogP contribution in [0.2, 0.25) is 0 Å². The first-order chi connectivity index (χ1) is 10.0. The predicted octanol–water partition coefficient (Wildman–Crippen LogP) is 2.88. The second-order valence-electron chi connectivity index (χ2n) is 4.77. The Morgan fingerprint density at radius 2 is 2.29 bits per heavy atom. The third-order valence-electron chi connectivity index (χ3n) is 3.33. The van der Waals surface area contributed by atoms with Crippen LogP contribution in [0.3, 0.4) is 0 Å². The zero-order valence-electron chi connectivity index (χ0n) is 11.6. The molecule has 0 bridgehead atoms. The highest BCUT2D eigenvalue weighted by atomic mass is 32.2. The molecule has 0 aliphatic carbocycles. The van der Waals surface area contributed by atoms with Gasteiger partial charge in [-0.2, -0.15) is 11.8 Å². The maximum absolute atomic E-state index is 13.3. The predicted molar refractivity (Wildman–Crippen MR) is 80.5 cm³/mol. The molecule has 0 saturated carbocycles. The van der Waals surface area contributed by atoms with E-state index in [9.17, 15) is 14.0 Å². The molecule has 21 heavy (non-hydrogen) atoms. The number of nitrogens with one attached hydrogen (secondary N) is 1. The van der Waals surface area contributed by atoms with Gasteiger partial charge in [-0.15, -0.1) is 0 Å². The fraction of sp³-hybridized carbons (Fsp3) is 0.429. The molecule has 114 valence electrons. The number of nitrogens with zero attached hydrogens (tertiary/aromatic N) is 1. The van der Waals surface area contributed by atoms with Crippen molar-refractivity contribution in [1.82, 2.24) is 4.90 Å². The largest absolute Gasteiger partial charge is 0.478 e. The van der Waals surface area contributed by atoms with Crippen molar-refractivity contribution >= 4 is 29.4 Å². The fourth-order valence-electron chi connectivity index (χ4n) is 2.15. The Labute approximate surface area is 126 Å². The van der Waals surface area contributed by atoms with Crippen molar-refractivity contribution < 1.29 is 19.1 Å². The van der Waals surface area contributed by atoms with E-state index in [1.165, 1.54) is 0 Å². The third kappa shape index (κ3) is 3.87. The van der Waals surface area contributed by atoms with E-state index in [2.05, 4.69) is 12.2 Å². The van der Waals surface area contributed by atoms with Gasteiger partial charge in [-0.05, 0) is 24.6 Å². The molecule has 1 aromatic rings. The van der Waals surface area contributed by atoms with Crippen LogP contribution in [-0.2, 0) is 0 Å². The highest BCUT2D eigenvalue weighted by Crippen LogP contribution is 2.23. The molecule has 0 spiro atoms. The van der Waals surface area contributed by atoms with Gasteiger partial charge in [0.25, 0.3) is 0 Å². The standard InChI is InChI=1S/C14H17FN2O3S/c1-2-10-8-17(5-6-21-10)14(20)16-12-7-9(15)3-4-11(12)13(18)19/h3-4,7,10H,2,5-6,8H2,1H3,(H,16,20)(H,18,19). The van der Waals surface area contributed by atoms with Crippen LogP contribution in [0.1, 0.15) is 23.7 Å². The topological polar surface area (TPSA) is 69.6 Å². The molecule has 2 amide bonds. The average molecular weight is 312 g/mol. The summed E-state index contributed by atoms with van der Waals surface area (Å²) in [7, 11) is 0. The van der Waals surface area contributed by atoms with Gasteiger partial charge in [0.15, 0.2) is 0 Å². The minimum absolute atomic E-state index is 0.0150. The number of carboxylic acid groups (broad SMARTS) is 1. The molecule has 1 atom stereocenters. The summed E-state index contributed by atoms with van der Waals surface area (Å²) in [6.45, 7) is 3.28. The molecule has 2 N–H and O–H groups in total. The van der Waals surface area contributed by atoms with Crippen molar-refractivity contribution in [2.75, 3.05) is 24.2 Å². The van der Waals surface area contributed by atoms with E-state index in [-0.39, 0.29) is 17.3 Å². The molecular formula is C14H17FN2O3S. The number of thioether (sulfide) groups is 1. The minimum Gasteiger partial charge on any atom is -0.478 e. The van der Waals surface area contributed by atoms with Gasteiger partial charge in [0.2, 0.25) is 0 Å². The number of carbonyl (C=O) groups is 2. The van der Waals surface area contributed by atoms with E-state index in [1.807, 2.05) is 11.8 Å². The molecule has 1 heterocycles. The zero-order valence-corrected chi connectivity index (χ0v) is 12.5. The Kier molecular flexibility index (Phi) is 5.06. The smallest absolute Gasteiger partial charge is 0.337 e. The molecule has 0 radical (unpaired) electrons. The van der Waals surface area contributed by atoms with Gasteiger partial charge in [-0.1, -0.05) is 6.92 Å². The number of carboxylic acids is 1. The van der Waals surface area contributed by atoms with Crippen LogP contribution in [0.25, 0.3) is 0 Å². The van der Waals surface area contributed by atoms with Crippen LogP contribution in [-0.4, -0.2) is 46.1 Å². The van der Waals surface area contributed by atoms with Gasteiger partial charge in [-0.3, -0.25) is 0 Å². The first kappa shape index (κ1) is 15.6. The summed E-state index contributed by atoms with van der Waals surface area (Å²) >= 11 is 1.83. The summed E-state index contributed by atoms with van der Waals surface area (Å²) in [5, 5.41) is 12.0. The molecule has 0 aromatic heterocycles. The van der Waals surface area contributed by atoms with Crippen LogP contribution >= 0.6 is 11.8 Å². The van der Waals surface area contributed by atoms with Crippen molar-refractivity contribution in [2.45, 2.75) is 18.6 Å². The summed E-state index contributed by atoms with van der Waals surface area (Å²) < 4.78 is 13.3. The van der Waals surface area contributed by atoms with Gasteiger partial charge >= 0.3 is 12.0 Å². The van der Waals surface area contributed by atoms with E-state index < -0.39 is 11.8 Å². The fourth-order valence-corrected chi connectivity index (χ4v) is 3.33. The highest BCUT2D eigenvalue weighted by molar-refractivity contribution is 8.00. The quantitative estimate of drug-likeness (QED) is 0.900. The Bertz CT molecular complexity index is 553. The maximum atomic E-state index is 13.3. The van der Waals surface area contributed by atoms with Crippen molar-refractivity contribution in [3.8, 4) is 0 Å². The molecule has 1 aliphatic rings. The molecule has 1 fully saturated rings. The molecule has 1 saturated heterocycles. The first-order valence-corrected chi connectivity index (χ1v) is 7.76. The van der Waals surface area contributed by atoms with Crippen molar-refractivity contribution in [3.05, 3.63) is 29.6 Å². The summed E-state index contributed by atoms with van der Waals surface area (Å²) in [5.74, 6) is -0.942. The molecule has 1 unspecified atom stereocenters. The van der Waals surface area contributed by atoms with Gasteiger partial charge in [-0.25, -0.2) is 14.0 Å². The lowest BCUT2D eigenvalue weighted by Crippen LogP contribution is -2.44. The normalized spacial score (nSPS) is 18.4. The number of rotatable bonds is 3. The lowest BCUT2D eigenvalue weighted by atomic mass is 10.1. The average Bonchev–Trinajstić information content (AvgIpc) is 2.47. The van der Waals surface area contributed by atoms with Crippen molar-refractivity contribution in [2.24, 2.45) is 0 Å². The zero-order chi connectivity index (χ0) is 15.4. The lowest BCUT2D eigenvalue weighted by Gasteiger charge is -2.32. The summed E-state index contributed by atoms with van der Waals surface area (Å²) in [6, 6.07) is 2.84. The number of urea groups is 1. The van der Waals surface area contributed by atoms with Gasteiger partial charge in [0.05, 0.1) is 11.3 Å². The van der Waals surface area contributed by atoms with Gasteiger partial charge in [0.1, 0.15) is 5.82 Å². The van der Waals surface area contributed by atoms with E-state index >= 15 is 0 Å². The number of halogens is 1. The van der Waals surface area contributed by atoms with Crippen LogP contribution < -0.4 is 5.32 Å². The number of carbonyl (C=O) groups excluding carboxylic acids is 1. The SMILES string of the molecule is CCC1CN(C(=O)Nc2cc(F)ccc2C(=O)O)CCS1. The van der Waals surface area contributed by atoms with E-state index in [0.717, 1.165) is 30.4 Å². The summed E-state index contributed by atoms with van der Waals surface area (Å²) in [6.07, 6.45) is 0.967. The second-order valence-corrected chi connectivity index (χ2v) is 6.18. The Morgan fingerprint density at radius 3 is 2.95 bits per heavy atom. The number of hydrogen-bond acceptors (Lipinski definition) is 3. The maximum Gasteiger partial charge on any atom is 0.337 e. The monoisotopic (exact) mass is 312 g/mol. The van der Waals surface area contributed by atoms with Crippen molar-refractivity contribution in [3.63, 3.8) is 0 Å². The van der Waals surface area contributed by atoms with Crippen LogP contribution in [0.4, 0.5) is 14.9 Å². The van der Waals surface area contributed by atoms with Gasteiger partial charge in [0, 0.05) is 24.1 Å². The number of hydrogen-bond donors (Lipinski definition) is 2. The van der Waals surface area contributed by atoms with Crippen molar-refractivity contribution in [1.29, 1.82) is 0 Å². The number of benzene rings is 1. The van der Waals surface area contributed by atoms with E-state index in [1.54, 1.807) is 4.90 Å². The third-order valence-corrected chi connectivity index (χ3v) is 4.71. The van der Waals surface area contributed by atoms with E-state index in [4.69, 9.17) is 5.11 Å². The van der Waals surface area contributed by atoms with Crippen LogP contribution in [0, 0.1) is 5.82 Å². The molecular weight excluding hydrogens is 295 g/mol. The summed E-state index contributed by atoms with van der Waals surface area (Å²) in [4.78, 5) is 24.9. The second kappa shape index (κ2) is 6.80. The minimum atomic E-state index is -1.20. The number of anilines is 1. The van der Waals surface area contributed by atoms with Crippen LogP contribution in [0.5, 0.6) is 0 Å². The van der Waals surface area contributed by atoms with Gasteiger partial charge < -0.3 is 15.3 Å². The van der Waals surface area contributed by atoms with Crippen LogP contribution in [0.15, 0.2) is 18.2 Å². The first-order valence-electron chi connectivity index (χ1n) is 6.71. The van der Waals surface area contributed by atoms with E-state index in [0.29, 0.717) is 18.3 Å². The molecule has 2 rings (SSSR count). The molecule has 5 nitrogen and oxygen atoms in total. The Hall–Kier alpha value is -1.76. The number of aromatic carboxylic acids is 1. The lowest BCUT2D eigenvalue weighted by molar-refractivity contribution is 0.0698. The molecule has 1 aliphatic heterocycles. The Balaban J connectivity index is 2.12. The molecule has 7 heteroatoms. The summed E-state index contributed by atoms with van der Waals surface area (Å²) in [5.41, 5.74) is -0.137. The highest BCUT2D eigenvalue weighted by Gasteiger charge is 2.24. The Morgan fingerprint density at radius 1 is 1.52 bits per heavy atom.